The Labute approximate surface area is 135 Å². The Morgan fingerprint density at radius 3 is 2.65 bits per heavy atom. The van der Waals surface area contributed by atoms with Crippen LogP contribution in [0, 0.1) is 5.41 Å². The molecule has 6 heteroatoms. The highest BCUT2D eigenvalue weighted by molar-refractivity contribution is 5.93. The Hall–Kier alpha value is -2.21. The number of aryl methyl sites for hydroxylation is 1. The van der Waals surface area contributed by atoms with E-state index in [4.69, 9.17) is 0 Å². The first-order chi connectivity index (χ1) is 11.2. The molecule has 0 unspecified atom stereocenters. The number of carbonyl (C=O) groups is 1. The Balaban J connectivity index is 1.35. The zero-order valence-corrected chi connectivity index (χ0v) is 13.4. The van der Waals surface area contributed by atoms with E-state index >= 15 is 0 Å². The van der Waals surface area contributed by atoms with Gasteiger partial charge in [0.1, 0.15) is 5.69 Å². The molecule has 1 spiro atoms. The first kappa shape index (κ1) is 14.4. The molecule has 1 amide bonds. The zero-order chi connectivity index (χ0) is 15.9. The molecular weight excluding hydrogens is 290 g/mol. The Bertz CT molecular complexity index is 705. The predicted octanol–water partition coefficient (Wildman–Crippen LogP) is 1.16. The first-order valence-corrected chi connectivity index (χ1v) is 8.04. The summed E-state index contributed by atoms with van der Waals surface area (Å²) >= 11 is 0. The van der Waals surface area contributed by atoms with E-state index in [0.29, 0.717) is 11.1 Å². The van der Waals surface area contributed by atoms with Gasteiger partial charge in [-0.25, -0.2) is 0 Å². The smallest absolute Gasteiger partial charge is 0.272 e. The van der Waals surface area contributed by atoms with Gasteiger partial charge in [0.25, 0.3) is 5.91 Å². The maximum atomic E-state index is 12.5. The van der Waals surface area contributed by atoms with Crippen molar-refractivity contribution < 1.29 is 4.79 Å². The van der Waals surface area contributed by atoms with Gasteiger partial charge < -0.3 is 4.90 Å². The van der Waals surface area contributed by atoms with Crippen molar-refractivity contribution in [2.45, 2.75) is 13.0 Å². The summed E-state index contributed by atoms with van der Waals surface area (Å²) in [6, 6.07) is 5.94. The summed E-state index contributed by atoms with van der Waals surface area (Å²) in [4.78, 5) is 21.0. The number of rotatable bonds is 3. The minimum atomic E-state index is 0.100. The lowest BCUT2D eigenvalue weighted by Crippen LogP contribution is -2.59. The van der Waals surface area contributed by atoms with Crippen LogP contribution < -0.4 is 0 Å². The van der Waals surface area contributed by atoms with Crippen LogP contribution in [0.25, 0.3) is 0 Å². The molecule has 2 aliphatic heterocycles. The summed E-state index contributed by atoms with van der Waals surface area (Å²) < 4.78 is 1.65. The highest BCUT2D eigenvalue weighted by Crippen LogP contribution is 2.40. The van der Waals surface area contributed by atoms with E-state index in [9.17, 15) is 4.79 Å². The zero-order valence-electron chi connectivity index (χ0n) is 13.4. The molecule has 0 aromatic carbocycles. The maximum absolute atomic E-state index is 12.5. The fraction of sp³-hybridized carbons (Fsp3) is 0.471. The second-order valence-corrected chi connectivity index (χ2v) is 6.82. The van der Waals surface area contributed by atoms with Crippen LogP contribution in [0.2, 0.25) is 0 Å². The molecule has 0 N–H and O–H groups in total. The Morgan fingerprint density at radius 2 is 1.96 bits per heavy atom. The molecule has 2 aromatic rings. The third-order valence-corrected chi connectivity index (χ3v) is 5.05. The van der Waals surface area contributed by atoms with Gasteiger partial charge >= 0.3 is 0 Å². The lowest BCUT2D eigenvalue weighted by Gasteiger charge is -2.48. The van der Waals surface area contributed by atoms with Crippen LogP contribution in [0.15, 0.2) is 36.8 Å². The second-order valence-electron chi connectivity index (χ2n) is 6.82. The molecule has 0 bridgehead atoms. The quantitative estimate of drug-likeness (QED) is 0.854. The van der Waals surface area contributed by atoms with Gasteiger partial charge in [0.05, 0.1) is 0 Å². The van der Waals surface area contributed by atoms with Gasteiger partial charge in [-0.2, -0.15) is 5.10 Å². The van der Waals surface area contributed by atoms with Crippen molar-refractivity contribution in [1.82, 2.24) is 24.6 Å². The Morgan fingerprint density at radius 1 is 1.17 bits per heavy atom. The summed E-state index contributed by atoms with van der Waals surface area (Å²) in [5.74, 6) is 0.100. The van der Waals surface area contributed by atoms with Crippen LogP contribution in [0.3, 0.4) is 0 Å². The average Bonchev–Trinajstić information content (AvgIpc) is 3.13. The van der Waals surface area contributed by atoms with Crippen molar-refractivity contribution in [3.05, 3.63) is 48.0 Å². The maximum Gasteiger partial charge on any atom is 0.272 e. The summed E-state index contributed by atoms with van der Waals surface area (Å²) in [5, 5.41) is 4.08. The van der Waals surface area contributed by atoms with Gasteiger partial charge in [0.2, 0.25) is 0 Å². The van der Waals surface area contributed by atoms with Crippen molar-refractivity contribution in [3.8, 4) is 0 Å². The summed E-state index contributed by atoms with van der Waals surface area (Å²) in [7, 11) is 1.81. The van der Waals surface area contributed by atoms with Crippen molar-refractivity contribution in [2.75, 3.05) is 26.2 Å². The minimum absolute atomic E-state index is 0.100. The number of nitrogens with zero attached hydrogens (tertiary/aromatic N) is 5. The molecule has 23 heavy (non-hydrogen) atoms. The van der Waals surface area contributed by atoms with E-state index in [-0.39, 0.29) is 5.91 Å². The van der Waals surface area contributed by atoms with Crippen LogP contribution in [-0.2, 0) is 13.6 Å². The highest BCUT2D eigenvalue weighted by atomic mass is 16.2. The predicted molar refractivity (Wildman–Crippen MR) is 85.7 cm³/mol. The standard InChI is InChI=1S/C17H21N5O/c1-20-15(4-8-19-20)16(23)22-12-17(13-22)5-9-21(11-17)10-14-2-6-18-7-3-14/h2-4,6-8H,5,9-13H2,1H3. The SMILES string of the molecule is Cn1nccc1C(=O)N1CC2(CCN(Cc3ccncc3)C2)C1. The number of carbonyl (C=O) groups excluding carboxylic acids is 1. The van der Waals surface area contributed by atoms with E-state index in [2.05, 4.69) is 27.1 Å². The number of pyridine rings is 1. The van der Waals surface area contributed by atoms with Crippen molar-refractivity contribution >= 4 is 5.91 Å². The van der Waals surface area contributed by atoms with Crippen LogP contribution in [0.4, 0.5) is 0 Å². The molecule has 4 rings (SSSR count). The van der Waals surface area contributed by atoms with E-state index in [1.165, 1.54) is 12.0 Å². The molecule has 0 aliphatic carbocycles. The van der Waals surface area contributed by atoms with Crippen molar-refractivity contribution in [1.29, 1.82) is 0 Å². The highest BCUT2D eigenvalue weighted by Gasteiger charge is 2.49. The molecule has 6 nitrogen and oxygen atoms in total. The fourth-order valence-electron chi connectivity index (χ4n) is 3.82. The third kappa shape index (κ3) is 2.63. The largest absolute Gasteiger partial charge is 0.336 e. The lowest BCUT2D eigenvalue weighted by atomic mass is 9.79. The van der Waals surface area contributed by atoms with E-state index < -0.39 is 0 Å². The lowest BCUT2D eigenvalue weighted by molar-refractivity contribution is 0.00951. The van der Waals surface area contributed by atoms with Gasteiger partial charge in [-0.1, -0.05) is 0 Å². The molecule has 0 saturated carbocycles. The minimum Gasteiger partial charge on any atom is -0.336 e. The van der Waals surface area contributed by atoms with Crippen LogP contribution in [0.5, 0.6) is 0 Å². The molecule has 0 atom stereocenters. The van der Waals surface area contributed by atoms with E-state index in [1.54, 1.807) is 16.9 Å². The fourth-order valence-corrected chi connectivity index (χ4v) is 3.82. The topological polar surface area (TPSA) is 54.3 Å². The molecule has 2 aromatic heterocycles. The molecule has 4 heterocycles. The van der Waals surface area contributed by atoms with E-state index in [1.807, 2.05) is 24.3 Å². The van der Waals surface area contributed by atoms with Crippen LogP contribution in [0.1, 0.15) is 22.5 Å². The summed E-state index contributed by atoms with van der Waals surface area (Å²) in [6.07, 6.45) is 6.54. The molecule has 0 radical (unpaired) electrons. The van der Waals surface area contributed by atoms with Gasteiger partial charge in [-0.3, -0.25) is 19.4 Å². The van der Waals surface area contributed by atoms with Crippen molar-refractivity contribution in [2.24, 2.45) is 12.5 Å². The van der Waals surface area contributed by atoms with Gasteiger partial charge in [0, 0.05) is 57.2 Å². The van der Waals surface area contributed by atoms with Gasteiger partial charge in [0.15, 0.2) is 0 Å². The number of hydrogen-bond acceptors (Lipinski definition) is 4. The molecule has 2 fully saturated rings. The third-order valence-electron chi connectivity index (χ3n) is 5.05. The monoisotopic (exact) mass is 311 g/mol. The summed E-state index contributed by atoms with van der Waals surface area (Å²) in [6.45, 7) is 4.88. The number of amides is 1. The molecule has 2 saturated heterocycles. The molecule has 120 valence electrons. The van der Waals surface area contributed by atoms with Gasteiger partial charge in [-0.15, -0.1) is 0 Å². The normalized spacial score (nSPS) is 20.0. The summed E-state index contributed by atoms with van der Waals surface area (Å²) in [5.41, 5.74) is 2.27. The molecule has 2 aliphatic rings. The van der Waals surface area contributed by atoms with E-state index in [0.717, 1.165) is 32.7 Å². The van der Waals surface area contributed by atoms with Crippen LogP contribution in [-0.4, -0.2) is 56.7 Å². The first-order valence-electron chi connectivity index (χ1n) is 8.04. The van der Waals surface area contributed by atoms with Gasteiger partial charge in [-0.05, 0) is 36.7 Å². The Kier molecular flexibility index (Phi) is 3.41. The van der Waals surface area contributed by atoms with Crippen LogP contribution >= 0.6 is 0 Å². The number of aromatic nitrogens is 3. The second kappa shape index (κ2) is 5.45. The average molecular weight is 311 g/mol. The van der Waals surface area contributed by atoms with Crippen molar-refractivity contribution in [3.63, 3.8) is 0 Å². The number of hydrogen-bond donors (Lipinski definition) is 0. The molecular formula is C17H21N5O. The number of likely N-dealkylation sites (tertiary alicyclic amines) is 2.